The summed E-state index contributed by atoms with van der Waals surface area (Å²) in [6.45, 7) is 5.67. The van der Waals surface area contributed by atoms with Crippen molar-refractivity contribution in [3.05, 3.63) is 54.0 Å². The Morgan fingerprint density at radius 1 is 1.07 bits per heavy atom. The molecule has 2 heterocycles. The van der Waals surface area contributed by atoms with Crippen molar-refractivity contribution in [3.8, 4) is 5.75 Å². The van der Waals surface area contributed by atoms with E-state index in [1.807, 2.05) is 31.2 Å². The fourth-order valence-corrected chi connectivity index (χ4v) is 3.92. The lowest BCUT2D eigenvalue weighted by atomic mass is 10.3. The average Bonchev–Trinajstić information content (AvgIpc) is 2.98. The van der Waals surface area contributed by atoms with Gasteiger partial charge in [0.15, 0.2) is 10.7 Å². The molecule has 2 aromatic heterocycles. The van der Waals surface area contributed by atoms with Crippen LogP contribution in [0.5, 0.6) is 5.75 Å². The summed E-state index contributed by atoms with van der Waals surface area (Å²) in [6.07, 6.45) is 1.44. The lowest BCUT2D eigenvalue weighted by Crippen LogP contribution is -2.14. The summed E-state index contributed by atoms with van der Waals surface area (Å²) in [5, 5.41) is 6.81. The van der Waals surface area contributed by atoms with Gasteiger partial charge in [-0.25, -0.2) is 13.4 Å². The van der Waals surface area contributed by atoms with Crippen molar-refractivity contribution in [2.75, 3.05) is 16.6 Å². The van der Waals surface area contributed by atoms with Gasteiger partial charge in [-0.2, -0.15) is 0 Å². The lowest BCUT2D eigenvalue weighted by Gasteiger charge is -2.10. The second-order valence-electron chi connectivity index (χ2n) is 5.77. The molecule has 142 valence electrons. The van der Waals surface area contributed by atoms with Gasteiger partial charge < -0.3 is 14.6 Å². The molecule has 0 bridgehead atoms. The van der Waals surface area contributed by atoms with Crippen LogP contribution in [0.25, 0.3) is 0 Å². The van der Waals surface area contributed by atoms with E-state index in [4.69, 9.17) is 9.26 Å². The number of pyridine rings is 1. The van der Waals surface area contributed by atoms with Gasteiger partial charge in [-0.1, -0.05) is 5.16 Å². The number of aromatic nitrogens is 2. The molecule has 0 aliphatic heterocycles. The topological polar surface area (TPSA) is 106 Å². The van der Waals surface area contributed by atoms with E-state index < -0.39 is 10.0 Å². The Bertz CT molecular complexity index is 993. The third-order valence-corrected chi connectivity index (χ3v) is 5.31. The Morgan fingerprint density at radius 3 is 2.33 bits per heavy atom. The van der Waals surface area contributed by atoms with Crippen LogP contribution in [-0.4, -0.2) is 25.2 Å². The van der Waals surface area contributed by atoms with Gasteiger partial charge in [-0.05, 0) is 57.2 Å². The number of hydrogen-bond donors (Lipinski definition) is 2. The van der Waals surface area contributed by atoms with Crippen LogP contribution in [0.3, 0.4) is 0 Å². The van der Waals surface area contributed by atoms with Crippen molar-refractivity contribution in [3.63, 3.8) is 0 Å². The summed E-state index contributed by atoms with van der Waals surface area (Å²) in [4.78, 5) is 4.28. The van der Waals surface area contributed by atoms with Crippen LogP contribution in [-0.2, 0) is 10.0 Å². The molecule has 0 saturated carbocycles. The number of aryl methyl sites for hydroxylation is 2. The molecular weight excluding hydrogens is 368 g/mol. The molecule has 0 spiro atoms. The monoisotopic (exact) mass is 388 g/mol. The van der Waals surface area contributed by atoms with Crippen LogP contribution >= 0.6 is 0 Å². The van der Waals surface area contributed by atoms with E-state index in [0.717, 1.165) is 11.4 Å². The van der Waals surface area contributed by atoms with Gasteiger partial charge in [-0.15, -0.1) is 0 Å². The van der Waals surface area contributed by atoms with Crippen molar-refractivity contribution in [2.24, 2.45) is 0 Å². The molecule has 0 amide bonds. The number of rotatable bonds is 7. The van der Waals surface area contributed by atoms with Crippen LogP contribution in [0, 0.1) is 13.8 Å². The molecule has 0 unspecified atom stereocenters. The standard InChI is InChI=1S/C18H20N4O4S/c1-4-25-16-8-5-14(6-9-16)20-17-10-7-15(11-19-17)22-27(23,24)18-12(2)21-26-13(18)3/h5-11,22H,4H2,1-3H3,(H,19,20). The molecule has 8 nitrogen and oxygen atoms in total. The summed E-state index contributed by atoms with van der Waals surface area (Å²) in [5.74, 6) is 1.61. The summed E-state index contributed by atoms with van der Waals surface area (Å²) in [6, 6.07) is 10.8. The number of benzene rings is 1. The fourth-order valence-electron chi connectivity index (χ4n) is 2.54. The normalized spacial score (nSPS) is 11.2. The first-order chi connectivity index (χ1) is 12.9. The van der Waals surface area contributed by atoms with Gasteiger partial charge in [-0.3, -0.25) is 4.72 Å². The number of ether oxygens (including phenoxy) is 1. The minimum atomic E-state index is -3.79. The SMILES string of the molecule is CCOc1ccc(Nc2ccc(NS(=O)(=O)c3c(C)noc3C)cn2)cc1. The fraction of sp³-hybridized carbons (Fsp3) is 0.222. The van der Waals surface area contributed by atoms with E-state index in [2.05, 4.69) is 20.2 Å². The number of hydrogen-bond acceptors (Lipinski definition) is 7. The van der Waals surface area contributed by atoms with Crippen molar-refractivity contribution in [2.45, 2.75) is 25.7 Å². The smallest absolute Gasteiger partial charge is 0.267 e. The molecule has 27 heavy (non-hydrogen) atoms. The number of nitrogens with zero attached hydrogens (tertiary/aromatic N) is 2. The summed E-state index contributed by atoms with van der Waals surface area (Å²) < 4.78 is 37.8. The van der Waals surface area contributed by atoms with Gasteiger partial charge in [0.05, 0.1) is 18.5 Å². The van der Waals surface area contributed by atoms with Crippen LogP contribution < -0.4 is 14.8 Å². The third-order valence-electron chi connectivity index (χ3n) is 3.69. The Balaban J connectivity index is 1.70. The zero-order valence-electron chi connectivity index (χ0n) is 15.2. The minimum absolute atomic E-state index is 0.0408. The maximum Gasteiger partial charge on any atom is 0.267 e. The van der Waals surface area contributed by atoms with E-state index in [0.29, 0.717) is 23.8 Å². The number of anilines is 3. The highest BCUT2D eigenvalue weighted by molar-refractivity contribution is 7.92. The number of sulfonamides is 1. The van der Waals surface area contributed by atoms with Crippen molar-refractivity contribution in [1.82, 2.24) is 10.1 Å². The van der Waals surface area contributed by atoms with Crippen LogP contribution in [0.1, 0.15) is 18.4 Å². The van der Waals surface area contributed by atoms with E-state index in [1.165, 1.54) is 6.20 Å². The second-order valence-corrected chi connectivity index (χ2v) is 7.39. The second kappa shape index (κ2) is 7.67. The first-order valence-electron chi connectivity index (χ1n) is 8.30. The highest BCUT2D eigenvalue weighted by atomic mass is 32.2. The van der Waals surface area contributed by atoms with Gasteiger partial charge in [0.25, 0.3) is 10.0 Å². The van der Waals surface area contributed by atoms with Gasteiger partial charge >= 0.3 is 0 Å². The van der Waals surface area contributed by atoms with E-state index in [9.17, 15) is 8.42 Å². The molecule has 3 rings (SSSR count). The Kier molecular flexibility index (Phi) is 5.31. The zero-order chi connectivity index (χ0) is 19.4. The summed E-state index contributed by atoms with van der Waals surface area (Å²) >= 11 is 0. The van der Waals surface area contributed by atoms with E-state index in [-0.39, 0.29) is 10.7 Å². The minimum Gasteiger partial charge on any atom is -0.494 e. The molecule has 9 heteroatoms. The Hall–Kier alpha value is -3.07. The van der Waals surface area contributed by atoms with E-state index in [1.54, 1.807) is 26.0 Å². The van der Waals surface area contributed by atoms with Gasteiger partial charge in [0.2, 0.25) is 0 Å². The molecule has 0 fully saturated rings. The molecule has 3 aromatic rings. The maximum atomic E-state index is 12.5. The summed E-state index contributed by atoms with van der Waals surface area (Å²) in [7, 11) is -3.79. The Labute approximate surface area is 157 Å². The summed E-state index contributed by atoms with van der Waals surface area (Å²) in [5.41, 5.74) is 1.49. The third kappa shape index (κ3) is 4.37. The average molecular weight is 388 g/mol. The first kappa shape index (κ1) is 18.7. The molecule has 1 aromatic carbocycles. The van der Waals surface area contributed by atoms with Crippen LogP contribution in [0.4, 0.5) is 17.2 Å². The van der Waals surface area contributed by atoms with Crippen LogP contribution in [0.15, 0.2) is 52.0 Å². The first-order valence-corrected chi connectivity index (χ1v) is 9.79. The van der Waals surface area contributed by atoms with Crippen molar-refractivity contribution in [1.29, 1.82) is 0 Å². The predicted octanol–water partition coefficient (Wildman–Crippen LogP) is 3.63. The van der Waals surface area contributed by atoms with Crippen molar-refractivity contribution < 1.29 is 17.7 Å². The molecule has 0 atom stereocenters. The zero-order valence-corrected chi connectivity index (χ0v) is 16.0. The molecular formula is C18H20N4O4S. The van der Waals surface area contributed by atoms with Gasteiger partial charge in [0.1, 0.15) is 17.3 Å². The van der Waals surface area contributed by atoms with Crippen molar-refractivity contribution >= 4 is 27.2 Å². The Morgan fingerprint density at radius 2 is 1.78 bits per heavy atom. The largest absolute Gasteiger partial charge is 0.494 e. The quantitative estimate of drug-likeness (QED) is 0.636. The molecule has 0 aliphatic rings. The molecule has 0 aliphatic carbocycles. The van der Waals surface area contributed by atoms with E-state index >= 15 is 0 Å². The van der Waals surface area contributed by atoms with Gasteiger partial charge in [0, 0.05) is 5.69 Å². The van der Waals surface area contributed by atoms with Crippen LogP contribution in [0.2, 0.25) is 0 Å². The molecule has 2 N–H and O–H groups in total. The highest BCUT2D eigenvalue weighted by Gasteiger charge is 2.24. The molecule has 0 radical (unpaired) electrons. The number of nitrogens with one attached hydrogen (secondary N) is 2. The highest BCUT2D eigenvalue weighted by Crippen LogP contribution is 2.23. The molecule has 0 saturated heterocycles. The maximum absolute atomic E-state index is 12.5. The predicted molar refractivity (Wildman–Crippen MR) is 102 cm³/mol. The lowest BCUT2D eigenvalue weighted by molar-refractivity contribution is 0.340.